The zero-order chi connectivity index (χ0) is 26.9. The van der Waals surface area contributed by atoms with Gasteiger partial charge in [0.1, 0.15) is 12.6 Å². The highest BCUT2D eigenvalue weighted by atomic mass is 35.5. The summed E-state index contributed by atoms with van der Waals surface area (Å²) in [6, 6.07) is 10.8. The van der Waals surface area contributed by atoms with Gasteiger partial charge in [0.25, 0.3) is 0 Å². The van der Waals surface area contributed by atoms with Crippen LogP contribution in [0.15, 0.2) is 42.5 Å². The highest BCUT2D eigenvalue weighted by Crippen LogP contribution is 2.32. The van der Waals surface area contributed by atoms with Gasteiger partial charge in [0.2, 0.25) is 21.8 Å². The molecule has 0 fully saturated rings. The van der Waals surface area contributed by atoms with Crippen LogP contribution in [0.5, 0.6) is 11.5 Å². The summed E-state index contributed by atoms with van der Waals surface area (Å²) in [4.78, 5) is 28.0. The zero-order valence-corrected chi connectivity index (χ0v) is 22.9. The number of benzene rings is 2. The van der Waals surface area contributed by atoms with Crippen LogP contribution in [0.4, 0.5) is 5.69 Å². The molecule has 0 unspecified atom stereocenters. The summed E-state index contributed by atoms with van der Waals surface area (Å²) in [5, 5.41) is 3.28. The molecule has 36 heavy (non-hydrogen) atoms. The number of rotatable bonds is 13. The summed E-state index contributed by atoms with van der Waals surface area (Å²) in [5.41, 5.74) is 0.871. The smallest absolute Gasteiger partial charge is 0.244 e. The lowest BCUT2D eigenvalue weighted by Gasteiger charge is -2.33. The standard InChI is InChI=1S/C25H34ClN3O6S/c1-6-14-27-25(31)21(7-2)28(16-18-10-8-9-11-20(18)26)24(30)17-29(36(5,32)33)19-12-13-22(34-3)23(15-19)35-4/h8-13,15,21H,6-7,14,16-17H2,1-5H3,(H,27,31)/t21-/m0/s1. The van der Waals surface area contributed by atoms with E-state index in [0.717, 1.165) is 17.0 Å². The molecule has 0 bridgehead atoms. The van der Waals surface area contributed by atoms with Crippen LogP contribution in [0.2, 0.25) is 5.02 Å². The van der Waals surface area contributed by atoms with E-state index in [9.17, 15) is 18.0 Å². The van der Waals surface area contributed by atoms with Crippen LogP contribution in [0.25, 0.3) is 0 Å². The quantitative estimate of drug-likeness (QED) is 0.418. The summed E-state index contributed by atoms with van der Waals surface area (Å²) in [6.45, 7) is 3.72. The Hall–Kier alpha value is -2.98. The number of methoxy groups -OCH3 is 2. The zero-order valence-electron chi connectivity index (χ0n) is 21.3. The monoisotopic (exact) mass is 539 g/mol. The van der Waals surface area contributed by atoms with Crippen LogP contribution in [-0.2, 0) is 26.2 Å². The maximum atomic E-state index is 13.7. The molecule has 11 heteroatoms. The molecule has 0 aliphatic carbocycles. The fourth-order valence-electron chi connectivity index (χ4n) is 3.69. The van der Waals surface area contributed by atoms with Crippen molar-refractivity contribution in [2.45, 2.75) is 39.3 Å². The fraction of sp³-hybridized carbons (Fsp3) is 0.440. The number of amides is 2. The molecule has 2 aromatic rings. The molecule has 9 nitrogen and oxygen atoms in total. The Morgan fingerprint density at radius 3 is 2.28 bits per heavy atom. The van der Waals surface area contributed by atoms with Gasteiger partial charge in [-0.2, -0.15) is 0 Å². The fourth-order valence-corrected chi connectivity index (χ4v) is 4.73. The van der Waals surface area contributed by atoms with Crippen molar-refractivity contribution in [1.82, 2.24) is 10.2 Å². The number of anilines is 1. The van der Waals surface area contributed by atoms with Crippen molar-refractivity contribution >= 4 is 39.1 Å². The summed E-state index contributed by atoms with van der Waals surface area (Å²) < 4.78 is 37.0. The van der Waals surface area contributed by atoms with Crippen LogP contribution in [0.1, 0.15) is 32.3 Å². The number of nitrogens with zero attached hydrogens (tertiary/aromatic N) is 2. The lowest BCUT2D eigenvalue weighted by atomic mass is 10.1. The SMILES string of the molecule is CCCNC(=O)[C@H](CC)N(Cc1ccccc1Cl)C(=O)CN(c1ccc(OC)c(OC)c1)S(C)(=O)=O. The van der Waals surface area contributed by atoms with E-state index < -0.39 is 28.5 Å². The Balaban J connectivity index is 2.48. The maximum Gasteiger partial charge on any atom is 0.244 e. The summed E-state index contributed by atoms with van der Waals surface area (Å²) in [6.07, 6.45) is 2.09. The normalized spacial score (nSPS) is 11.9. The number of nitrogens with one attached hydrogen (secondary N) is 1. The molecule has 0 saturated heterocycles. The molecule has 2 rings (SSSR count). The third-order valence-electron chi connectivity index (χ3n) is 5.57. The Kier molecular flexibility index (Phi) is 10.9. The Bertz CT molecular complexity index is 1160. The molecular formula is C25H34ClN3O6S. The first-order chi connectivity index (χ1) is 17.1. The molecule has 198 valence electrons. The third kappa shape index (κ3) is 7.51. The number of hydrogen-bond donors (Lipinski definition) is 1. The molecule has 0 spiro atoms. The van der Waals surface area contributed by atoms with Crippen molar-refractivity contribution in [3.63, 3.8) is 0 Å². The lowest BCUT2D eigenvalue weighted by molar-refractivity contribution is -0.140. The number of halogens is 1. The Morgan fingerprint density at radius 1 is 1.06 bits per heavy atom. The summed E-state index contributed by atoms with van der Waals surface area (Å²) >= 11 is 6.35. The Morgan fingerprint density at radius 2 is 1.72 bits per heavy atom. The Labute approximate surface area is 218 Å². The average molecular weight is 540 g/mol. The van der Waals surface area contributed by atoms with Crippen molar-refractivity contribution in [1.29, 1.82) is 0 Å². The molecule has 1 N–H and O–H groups in total. The van der Waals surface area contributed by atoms with Gasteiger partial charge < -0.3 is 19.7 Å². The second-order valence-corrected chi connectivity index (χ2v) is 10.5. The van der Waals surface area contributed by atoms with Crippen molar-refractivity contribution in [2.24, 2.45) is 0 Å². The van der Waals surface area contributed by atoms with Crippen LogP contribution in [-0.4, -0.2) is 64.7 Å². The van der Waals surface area contributed by atoms with Gasteiger partial charge in [-0.3, -0.25) is 13.9 Å². The molecule has 0 aliphatic rings. The van der Waals surface area contributed by atoms with Crippen LogP contribution >= 0.6 is 11.6 Å². The van der Waals surface area contributed by atoms with Gasteiger partial charge in [-0.15, -0.1) is 0 Å². The molecule has 0 radical (unpaired) electrons. The first-order valence-corrected chi connectivity index (χ1v) is 13.8. The van der Waals surface area contributed by atoms with Gasteiger partial charge in [-0.1, -0.05) is 43.6 Å². The van der Waals surface area contributed by atoms with Crippen molar-refractivity contribution in [3.8, 4) is 11.5 Å². The van der Waals surface area contributed by atoms with Crippen LogP contribution < -0.4 is 19.1 Å². The lowest BCUT2D eigenvalue weighted by Crippen LogP contribution is -2.52. The van der Waals surface area contributed by atoms with E-state index >= 15 is 0 Å². The van der Waals surface area contributed by atoms with E-state index in [2.05, 4.69) is 5.32 Å². The van der Waals surface area contributed by atoms with Crippen molar-refractivity contribution in [3.05, 3.63) is 53.1 Å². The first kappa shape index (κ1) is 29.3. The number of hydrogen-bond acceptors (Lipinski definition) is 6. The highest BCUT2D eigenvalue weighted by molar-refractivity contribution is 7.92. The number of carbonyl (C=O) groups excluding carboxylic acids is 2. The number of ether oxygens (including phenoxy) is 2. The minimum absolute atomic E-state index is 0.0418. The summed E-state index contributed by atoms with van der Waals surface area (Å²) in [5.74, 6) is -0.125. The summed E-state index contributed by atoms with van der Waals surface area (Å²) in [7, 11) is -0.973. The minimum atomic E-state index is -3.88. The van der Waals surface area contributed by atoms with E-state index in [1.807, 2.05) is 6.92 Å². The van der Waals surface area contributed by atoms with Gasteiger partial charge in [0.15, 0.2) is 11.5 Å². The number of carbonyl (C=O) groups is 2. The predicted octanol–water partition coefficient (Wildman–Crippen LogP) is 3.46. The van der Waals surface area contributed by atoms with Crippen LogP contribution in [0.3, 0.4) is 0 Å². The van der Waals surface area contributed by atoms with Gasteiger partial charge >= 0.3 is 0 Å². The van der Waals surface area contributed by atoms with E-state index in [4.69, 9.17) is 21.1 Å². The molecule has 0 heterocycles. The van der Waals surface area contributed by atoms with Crippen LogP contribution in [0, 0.1) is 0 Å². The highest BCUT2D eigenvalue weighted by Gasteiger charge is 2.32. The molecule has 0 saturated carbocycles. The second kappa shape index (κ2) is 13.4. The first-order valence-electron chi connectivity index (χ1n) is 11.6. The minimum Gasteiger partial charge on any atom is -0.493 e. The third-order valence-corrected chi connectivity index (χ3v) is 7.08. The average Bonchev–Trinajstić information content (AvgIpc) is 2.85. The number of sulfonamides is 1. The van der Waals surface area contributed by atoms with E-state index in [1.54, 1.807) is 37.3 Å². The second-order valence-electron chi connectivity index (χ2n) is 8.14. The molecule has 2 aromatic carbocycles. The predicted molar refractivity (Wildman–Crippen MR) is 141 cm³/mol. The van der Waals surface area contributed by atoms with Gasteiger partial charge in [0.05, 0.1) is 26.2 Å². The molecule has 0 aromatic heterocycles. The molecule has 1 atom stereocenters. The van der Waals surface area contributed by atoms with E-state index in [0.29, 0.717) is 35.1 Å². The van der Waals surface area contributed by atoms with Gasteiger partial charge in [0, 0.05) is 24.2 Å². The van der Waals surface area contributed by atoms with E-state index in [-0.39, 0.29) is 18.1 Å². The largest absolute Gasteiger partial charge is 0.493 e. The molecule has 0 aliphatic heterocycles. The van der Waals surface area contributed by atoms with Gasteiger partial charge in [-0.05, 0) is 36.6 Å². The van der Waals surface area contributed by atoms with E-state index in [1.165, 1.54) is 31.3 Å². The van der Waals surface area contributed by atoms with Gasteiger partial charge in [-0.25, -0.2) is 8.42 Å². The van der Waals surface area contributed by atoms with Crippen molar-refractivity contribution < 1.29 is 27.5 Å². The molecule has 2 amide bonds. The molecular weight excluding hydrogens is 506 g/mol. The topological polar surface area (TPSA) is 105 Å². The van der Waals surface area contributed by atoms with Crippen molar-refractivity contribution in [2.75, 3.05) is 37.9 Å². The maximum absolute atomic E-state index is 13.7.